The second-order valence-corrected chi connectivity index (χ2v) is 3.78. The van der Waals surface area contributed by atoms with E-state index < -0.39 is 0 Å². The number of aromatic amines is 1. The van der Waals surface area contributed by atoms with Gasteiger partial charge in [0.2, 0.25) is 0 Å². The van der Waals surface area contributed by atoms with E-state index in [9.17, 15) is 0 Å². The Hall–Kier alpha value is -2.24. The molecule has 0 atom stereocenters. The summed E-state index contributed by atoms with van der Waals surface area (Å²) in [6, 6.07) is 8.08. The Morgan fingerprint density at radius 2 is 2.18 bits per heavy atom. The number of imidazole rings is 1. The van der Waals surface area contributed by atoms with Crippen molar-refractivity contribution in [2.45, 2.75) is 19.9 Å². The van der Waals surface area contributed by atoms with E-state index >= 15 is 0 Å². The van der Waals surface area contributed by atoms with Gasteiger partial charge in [-0.15, -0.1) is 10.2 Å². The van der Waals surface area contributed by atoms with E-state index in [0.29, 0.717) is 12.4 Å². The molecule has 0 amide bonds. The van der Waals surface area contributed by atoms with E-state index in [2.05, 4.69) is 43.2 Å². The molecule has 2 heterocycles. The van der Waals surface area contributed by atoms with Gasteiger partial charge in [0.1, 0.15) is 5.82 Å². The van der Waals surface area contributed by atoms with E-state index in [0.717, 1.165) is 23.3 Å². The Morgan fingerprint density at radius 3 is 2.94 bits per heavy atom. The second kappa shape index (κ2) is 3.97. The third kappa shape index (κ3) is 1.67. The summed E-state index contributed by atoms with van der Waals surface area (Å²) < 4.78 is 2.13. The number of hydrogen-bond acceptors (Lipinski definition) is 4. The Balaban J connectivity index is 2.12. The van der Waals surface area contributed by atoms with Gasteiger partial charge in [-0.1, -0.05) is 24.3 Å². The largest absolute Gasteiger partial charge is 0.320 e. The van der Waals surface area contributed by atoms with Crippen LogP contribution in [0.5, 0.6) is 0 Å². The van der Waals surface area contributed by atoms with E-state index in [1.54, 1.807) is 0 Å². The first-order valence-corrected chi connectivity index (χ1v) is 5.55. The van der Waals surface area contributed by atoms with Crippen molar-refractivity contribution in [1.82, 2.24) is 30.2 Å². The number of tetrazole rings is 1. The number of aryl methyl sites for hydroxylation is 1. The molecule has 0 bridgehead atoms. The number of benzene rings is 1. The van der Waals surface area contributed by atoms with Gasteiger partial charge in [-0.3, -0.25) is 0 Å². The SMILES string of the molecule is CCc1nc2ccccc2n1Cc1nn[nH]n1. The molecule has 17 heavy (non-hydrogen) atoms. The average molecular weight is 228 g/mol. The number of nitrogens with zero attached hydrogens (tertiary/aromatic N) is 5. The van der Waals surface area contributed by atoms with Crippen molar-refractivity contribution in [3.63, 3.8) is 0 Å². The van der Waals surface area contributed by atoms with Crippen molar-refractivity contribution in [2.75, 3.05) is 0 Å². The highest BCUT2D eigenvalue weighted by atomic mass is 15.5. The normalized spacial score (nSPS) is 11.1. The minimum atomic E-state index is 0.597. The highest BCUT2D eigenvalue weighted by Gasteiger charge is 2.10. The van der Waals surface area contributed by atoms with Crippen LogP contribution in [0.1, 0.15) is 18.6 Å². The summed E-state index contributed by atoms with van der Waals surface area (Å²) in [5, 5.41) is 14.0. The molecule has 0 saturated heterocycles. The van der Waals surface area contributed by atoms with Crippen LogP contribution >= 0.6 is 0 Å². The molecule has 3 rings (SSSR count). The second-order valence-electron chi connectivity index (χ2n) is 3.78. The molecule has 0 saturated carbocycles. The molecule has 0 fully saturated rings. The molecule has 0 spiro atoms. The summed E-state index contributed by atoms with van der Waals surface area (Å²) in [6.45, 7) is 2.69. The monoisotopic (exact) mass is 228 g/mol. The number of rotatable bonds is 3. The minimum Gasteiger partial charge on any atom is -0.320 e. The van der Waals surface area contributed by atoms with Crippen LogP contribution in [0.15, 0.2) is 24.3 Å². The first-order chi connectivity index (χ1) is 8.38. The van der Waals surface area contributed by atoms with E-state index in [4.69, 9.17) is 0 Å². The van der Waals surface area contributed by atoms with Gasteiger partial charge < -0.3 is 4.57 Å². The standard InChI is InChI=1S/C11H12N6/c1-2-11-12-8-5-3-4-6-9(8)17(11)7-10-13-15-16-14-10/h3-6H,2,7H2,1H3,(H,13,14,15,16). The van der Waals surface area contributed by atoms with Crippen LogP contribution in [0.2, 0.25) is 0 Å². The van der Waals surface area contributed by atoms with E-state index in [-0.39, 0.29) is 0 Å². The average Bonchev–Trinajstić information content (AvgIpc) is 2.98. The molecular formula is C11H12N6. The highest BCUT2D eigenvalue weighted by Crippen LogP contribution is 2.17. The molecule has 0 aliphatic carbocycles. The van der Waals surface area contributed by atoms with Crippen LogP contribution < -0.4 is 0 Å². The molecular weight excluding hydrogens is 216 g/mol. The van der Waals surface area contributed by atoms with Gasteiger partial charge in [0, 0.05) is 6.42 Å². The first-order valence-electron chi connectivity index (χ1n) is 5.55. The lowest BCUT2D eigenvalue weighted by Crippen LogP contribution is -2.05. The molecule has 86 valence electrons. The summed E-state index contributed by atoms with van der Waals surface area (Å²) in [5.41, 5.74) is 2.11. The van der Waals surface area contributed by atoms with Gasteiger partial charge in [-0.2, -0.15) is 5.21 Å². The fraction of sp³-hybridized carbons (Fsp3) is 0.273. The summed E-state index contributed by atoms with van der Waals surface area (Å²) >= 11 is 0. The van der Waals surface area contributed by atoms with Gasteiger partial charge in [0.25, 0.3) is 0 Å². The predicted molar refractivity (Wildman–Crippen MR) is 62.4 cm³/mol. The lowest BCUT2D eigenvalue weighted by Gasteiger charge is -2.04. The summed E-state index contributed by atoms with van der Waals surface area (Å²) in [6.07, 6.45) is 0.881. The van der Waals surface area contributed by atoms with Crippen molar-refractivity contribution in [3.8, 4) is 0 Å². The third-order valence-corrected chi connectivity index (χ3v) is 2.74. The van der Waals surface area contributed by atoms with Crippen LogP contribution in [0.25, 0.3) is 11.0 Å². The molecule has 1 N–H and O–H groups in total. The van der Waals surface area contributed by atoms with E-state index in [1.165, 1.54) is 0 Å². The molecule has 6 heteroatoms. The molecule has 2 aromatic heterocycles. The third-order valence-electron chi connectivity index (χ3n) is 2.74. The number of hydrogen-bond donors (Lipinski definition) is 1. The minimum absolute atomic E-state index is 0.597. The number of H-pyrrole nitrogens is 1. The Labute approximate surface area is 97.7 Å². The van der Waals surface area contributed by atoms with Crippen molar-refractivity contribution >= 4 is 11.0 Å². The summed E-state index contributed by atoms with van der Waals surface area (Å²) in [4.78, 5) is 4.59. The Bertz CT molecular complexity index is 625. The zero-order chi connectivity index (χ0) is 11.7. The van der Waals surface area contributed by atoms with Gasteiger partial charge >= 0.3 is 0 Å². The molecule has 0 radical (unpaired) electrons. The molecule has 0 aliphatic heterocycles. The maximum atomic E-state index is 4.59. The van der Waals surface area contributed by atoms with Crippen LogP contribution in [0.3, 0.4) is 0 Å². The van der Waals surface area contributed by atoms with Gasteiger partial charge in [0.15, 0.2) is 5.82 Å². The zero-order valence-electron chi connectivity index (χ0n) is 9.46. The Kier molecular flexibility index (Phi) is 2.32. The van der Waals surface area contributed by atoms with Gasteiger partial charge in [-0.25, -0.2) is 4.98 Å². The zero-order valence-corrected chi connectivity index (χ0v) is 9.46. The number of fused-ring (bicyclic) bond motifs is 1. The predicted octanol–water partition coefficient (Wildman–Crippen LogP) is 1.16. The molecule has 0 aliphatic rings. The van der Waals surface area contributed by atoms with Crippen LogP contribution in [0, 0.1) is 0 Å². The maximum absolute atomic E-state index is 4.59. The van der Waals surface area contributed by atoms with Crippen molar-refractivity contribution in [3.05, 3.63) is 35.9 Å². The first kappa shape index (κ1) is 9.95. The topological polar surface area (TPSA) is 72.3 Å². The van der Waals surface area contributed by atoms with Crippen molar-refractivity contribution in [1.29, 1.82) is 0 Å². The highest BCUT2D eigenvalue weighted by molar-refractivity contribution is 5.75. The number of nitrogens with one attached hydrogen (secondary N) is 1. The quantitative estimate of drug-likeness (QED) is 0.730. The summed E-state index contributed by atoms with van der Waals surface area (Å²) in [7, 11) is 0. The fourth-order valence-electron chi connectivity index (χ4n) is 1.96. The number of para-hydroxylation sites is 2. The maximum Gasteiger partial charge on any atom is 0.194 e. The lowest BCUT2D eigenvalue weighted by molar-refractivity contribution is 0.716. The molecule has 3 aromatic rings. The lowest BCUT2D eigenvalue weighted by atomic mass is 10.3. The summed E-state index contributed by atoms with van der Waals surface area (Å²) in [5.74, 6) is 1.71. The molecule has 0 unspecified atom stereocenters. The van der Waals surface area contributed by atoms with Crippen LogP contribution in [-0.2, 0) is 13.0 Å². The number of aromatic nitrogens is 6. The van der Waals surface area contributed by atoms with Crippen LogP contribution in [-0.4, -0.2) is 30.2 Å². The van der Waals surface area contributed by atoms with Crippen LogP contribution in [0.4, 0.5) is 0 Å². The van der Waals surface area contributed by atoms with Gasteiger partial charge in [0.05, 0.1) is 17.6 Å². The van der Waals surface area contributed by atoms with E-state index in [1.807, 2.05) is 18.2 Å². The Morgan fingerprint density at radius 1 is 1.29 bits per heavy atom. The van der Waals surface area contributed by atoms with Crippen molar-refractivity contribution in [2.24, 2.45) is 0 Å². The molecule has 6 nitrogen and oxygen atoms in total. The smallest absolute Gasteiger partial charge is 0.194 e. The molecule has 1 aromatic carbocycles. The fourth-order valence-corrected chi connectivity index (χ4v) is 1.96. The van der Waals surface area contributed by atoms with Gasteiger partial charge in [-0.05, 0) is 12.1 Å². The van der Waals surface area contributed by atoms with Crippen molar-refractivity contribution < 1.29 is 0 Å².